The molecule has 4 N–H and O–H groups in total. The molecule has 2 aliphatic heterocycles. The molecule has 13 heteroatoms. The van der Waals surface area contributed by atoms with Crippen LogP contribution < -0.4 is 15.8 Å². The molecule has 1 saturated carbocycles. The van der Waals surface area contributed by atoms with Gasteiger partial charge in [0, 0.05) is 17.5 Å². The van der Waals surface area contributed by atoms with Crippen molar-refractivity contribution in [3.63, 3.8) is 0 Å². The van der Waals surface area contributed by atoms with Crippen molar-refractivity contribution in [1.29, 1.82) is 0 Å². The number of hydrogen-bond donors (Lipinski definition) is 3. The first kappa shape index (κ1) is 27.9. The number of nitrogens with zero attached hydrogens (tertiary/aromatic N) is 1. The first-order valence-corrected chi connectivity index (χ1v) is 14.5. The summed E-state index contributed by atoms with van der Waals surface area (Å²) in [5.74, 6) is -2.36. The molecule has 38 heavy (non-hydrogen) atoms. The number of nitrogens with two attached hydrogens (primary N) is 1. The Bertz CT molecular complexity index is 1250. The molecule has 4 amide bonds. The summed E-state index contributed by atoms with van der Waals surface area (Å²) < 4.78 is 33.0. The quantitative estimate of drug-likeness (QED) is 0.469. The maximum absolute atomic E-state index is 13.4. The highest BCUT2D eigenvalue weighted by atomic mass is 35.5. The number of ether oxygens (including phenoxy) is 1. The van der Waals surface area contributed by atoms with Crippen molar-refractivity contribution in [3.05, 3.63) is 41.4 Å². The molecule has 0 aromatic heterocycles. The third-order valence-corrected chi connectivity index (χ3v) is 8.74. The van der Waals surface area contributed by atoms with Gasteiger partial charge >= 0.3 is 6.09 Å². The van der Waals surface area contributed by atoms with E-state index < -0.39 is 57.4 Å². The monoisotopic (exact) mass is 566 g/mol. The Morgan fingerprint density at radius 3 is 2.68 bits per heavy atom. The van der Waals surface area contributed by atoms with E-state index in [-0.39, 0.29) is 29.3 Å². The zero-order valence-electron chi connectivity index (χ0n) is 20.7. The number of benzene rings is 1. The van der Waals surface area contributed by atoms with Gasteiger partial charge in [0.15, 0.2) is 6.10 Å². The van der Waals surface area contributed by atoms with Crippen molar-refractivity contribution >= 4 is 45.4 Å². The highest BCUT2D eigenvalue weighted by Crippen LogP contribution is 2.45. The number of sulfonamides is 1. The van der Waals surface area contributed by atoms with Crippen LogP contribution in [-0.2, 0) is 29.1 Å². The van der Waals surface area contributed by atoms with Gasteiger partial charge in [-0.15, -0.1) is 0 Å². The predicted octanol–water partition coefficient (Wildman–Crippen LogP) is 1.99. The zero-order valence-corrected chi connectivity index (χ0v) is 22.3. The van der Waals surface area contributed by atoms with E-state index in [4.69, 9.17) is 22.1 Å². The van der Waals surface area contributed by atoms with Gasteiger partial charge in [-0.25, -0.2) is 17.9 Å². The highest BCUT2D eigenvalue weighted by Gasteiger charge is 2.61. The second-order valence-corrected chi connectivity index (χ2v) is 12.0. The van der Waals surface area contributed by atoms with E-state index in [0.717, 1.165) is 12.8 Å². The number of amides is 4. The topological polar surface area (TPSA) is 165 Å². The van der Waals surface area contributed by atoms with E-state index >= 15 is 0 Å². The van der Waals surface area contributed by atoms with Gasteiger partial charge in [0.05, 0.1) is 4.90 Å². The van der Waals surface area contributed by atoms with Crippen LogP contribution in [0.2, 0.25) is 5.02 Å². The second-order valence-electron chi connectivity index (χ2n) is 9.84. The van der Waals surface area contributed by atoms with E-state index in [1.807, 2.05) is 12.2 Å². The summed E-state index contributed by atoms with van der Waals surface area (Å²) >= 11 is 5.92. The molecule has 1 aliphatic carbocycles. The van der Waals surface area contributed by atoms with Crippen LogP contribution >= 0.6 is 11.6 Å². The standard InChI is InChI=1S/C25H31ClN4O7S/c26-17-9-6-10-18(14-17)38(35,36)29-23(33)25-15-16(25)8-4-2-1-3-5-12-20(37-24(27)34)22(32)30-13-7-11-19(30)21(31)28-25/h4,6,8-10,14,16,19-20H,1-3,5,7,11-13,15H2,(H2,27,34)(H,28,31)(H,29,33)/b8-4+. The molecule has 2 heterocycles. The van der Waals surface area contributed by atoms with Crippen molar-refractivity contribution in [1.82, 2.24) is 14.9 Å². The second kappa shape index (κ2) is 11.3. The highest BCUT2D eigenvalue weighted by molar-refractivity contribution is 7.90. The first-order valence-electron chi connectivity index (χ1n) is 12.6. The first-order chi connectivity index (χ1) is 18.0. The number of carbonyl (C=O) groups is 4. The molecule has 0 spiro atoms. The third kappa shape index (κ3) is 6.12. The fraction of sp³-hybridized carbons (Fsp3) is 0.520. The Balaban J connectivity index is 1.59. The molecular weight excluding hydrogens is 536 g/mol. The Kier molecular flexibility index (Phi) is 8.31. The molecule has 0 bridgehead atoms. The van der Waals surface area contributed by atoms with Gasteiger partial charge in [0.1, 0.15) is 11.6 Å². The average Bonchev–Trinajstić information content (AvgIpc) is 3.31. The molecule has 1 aromatic carbocycles. The van der Waals surface area contributed by atoms with Crippen LogP contribution in [0.1, 0.15) is 51.4 Å². The summed E-state index contributed by atoms with van der Waals surface area (Å²) in [6, 6.07) is 4.60. The minimum absolute atomic E-state index is 0.181. The lowest BCUT2D eigenvalue weighted by Crippen LogP contribution is -2.57. The van der Waals surface area contributed by atoms with Crippen LogP contribution in [-0.4, -0.2) is 61.4 Å². The van der Waals surface area contributed by atoms with Gasteiger partial charge in [0.2, 0.25) is 5.91 Å². The smallest absolute Gasteiger partial charge is 0.405 e. The zero-order chi connectivity index (χ0) is 27.5. The van der Waals surface area contributed by atoms with Crippen molar-refractivity contribution in [2.75, 3.05) is 6.54 Å². The molecule has 4 rings (SSSR count). The van der Waals surface area contributed by atoms with Gasteiger partial charge in [-0.1, -0.05) is 36.2 Å². The van der Waals surface area contributed by atoms with Gasteiger partial charge in [0.25, 0.3) is 21.8 Å². The molecule has 11 nitrogen and oxygen atoms in total. The van der Waals surface area contributed by atoms with Crippen LogP contribution in [0.4, 0.5) is 4.79 Å². The number of fused-ring (bicyclic) bond motifs is 2. The lowest BCUT2D eigenvalue weighted by atomic mass is 10.1. The SMILES string of the molecule is NC(=O)OC1CCCCC/C=C/C2CC2(C(=O)NS(=O)(=O)c2cccc(Cl)c2)NC(=O)C2CCCN2C1=O. The molecule has 1 saturated heterocycles. The van der Waals surface area contributed by atoms with Gasteiger partial charge in [-0.05, 0) is 63.1 Å². The van der Waals surface area contributed by atoms with Crippen LogP contribution in [0.25, 0.3) is 0 Å². The van der Waals surface area contributed by atoms with Crippen molar-refractivity contribution in [2.24, 2.45) is 11.7 Å². The summed E-state index contributed by atoms with van der Waals surface area (Å²) in [5.41, 5.74) is 3.70. The Hall–Kier alpha value is -3.12. The lowest BCUT2D eigenvalue weighted by molar-refractivity contribution is -0.146. The molecule has 4 unspecified atom stereocenters. The summed E-state index contributed by atoms with van der Waals surface area (Å²) in [5, 5.41) is 2.94. The summed E-state index contributed by atoms with van der Waals surface area (Å²) in [7, 11) is -4.26. The van der Waals surface area contributed by atoms with Crippen LogP contribution in [0.5, 0.6) is 0 Å². The Morgan fingerprint density at radius 1 is 1.16 bits per heavy atom. The van der Waals surface area contributed by atoms with Crippen molar-refractivity contribution in [3.8, 4) is 0 Å². The fourth-order valence-electron chi connectivity index (χ4n) is 5.08. The minimum Gasteiger partial charge on any atom is -0.436 e. The normalized spacial score (nSPS) is 29.1. The number of nitrogens with one attached hydrogen (secondary N) is 2. The largest absolute Gasteiger partial charge is 0.436 e. The van der Waals surface area contributed by atoms with Crippen LogP contribution in [0.15, 0.2) is 41.3 Å². The maximum atomic E-state index is 13.4. The number of rotatable bonds is 4. The number of hydrogen-bond acceptors (Lipinski definition) is 7. The molecule has 4 atom stereocenters. The van der Waals surface area contributed by atoms with Gasteiger partial charge < -0.3 is 20.7 Å². The number of carbonyl (C=O) groups excluding carboxylic acids is 4. The Morgan fingerprint density at radius 2 is 1.95 bits per heavy atom. The van der Waals surface area contributed by atoms with Gasteiger partial charge in [-0.3, -0.25) is 14.4 Å². The van der Waals surface area contributed by atoms with Crippen molar-refractivity contribution in [2.45, 2.75) is 73.9 Å². The molecule has 206 valence electrons. The molecule has 0 radical (unpaired) electrons. The summed E-state index contributed by atoms with van der Waals surface area (Å²) in [6.45, 7) is 0.279. The molecule has 2 fully saturated rings. The summed E-state index contributed by atoms with van der Waals surface area (Å²) in [4.78, 5) is 52.7. The van der Waals surface area contributed by atoms with Crippen LogP contribution in [0, 0.1) is 5.92 Å². The number of allylic oxidation sites excluding steroid dienone is 1. The molecular formula is C25H31ClN4O7S. The van der Waals surface area contributed by atoms with Crippen molar-refractivity contribution < 1.29 is 32.3 Å². The predicted molar refractivity (Wildman–Crippen MR) is 137 cm³/mol. The van der Waals surface area contributed by atoms with E-state index in [2.05, 4.69) is 10.0 Å². The van der Waals surface area contributed by atoms with E-state index in [1.54, 1.807) is 0 Å². The minimum atomic E-state index is -4.26. The van der Waals surface area contributed by atoms with E-state index in [1.165, 1.54) is 29.2 Å². The maximum Gasteiger partial charge on any atom is 0.405 e. The van der Waals surface area contributed by atoms with Crippen LogP contribution in [0.3, 0.4) is 0 Å². The number of primary amides is 1. The molecule has 1 aromatic rings. The third-order valence-electron chi connectivity index (χ3n) is 7.18. The fourth-order valence-corrected chi connectivity index (χ4v) is 6.42. The Labute approximate surface area is 226 Å². The molecule has 3 aliphatic rings. The number of halogens is 1. The lowest BCUT2D eigenvalue weighted by Gasteiger charge is -2.29. The van der Waals surface area contributed by atoms with E-state index in [9.17, 15) is 27.6 Å². The average molecular weight is 567 g/mol. The summed E-state index contributed by atoms with van der Waals surface area (Å²) in [6.07, 6.45) is 5.81. The van der Waals surface area contributed by atoms with Gasteiger partial charge in [-0.2, -0.15) is 0 Å². The van der Waals surface area contributed by atoms with E-state index in [0.29, 0.717) is 25.7 Å².